The lowest BCUT2D eigenvalue weighted by molar-refractivity contribution is -0.119. The van der Waals surface area contributed by atoms with E-state index in [0.29, 0.717) is 11.4 Å². The van der Waals surface area contributed by atoms with E-state index < -0.39 is 0 Å². The maximum Gasteiger partial charge on any atom is 0.258 e. The number of benzene rings is 2. The van der Waals surface area contributed by atoms with Crippen molar-refractivity contribution in [1.29, 1.82) is 0 Å². The Bertz CT molecular complexity index is 712. The number of hydrogen-bond donors (Lipinski definition) is 0. The molecule has 0 aliphatic carbocycles. The highest BCUT2D eigenvalue weighted by Gasteiger charge is 2.24. The van der Waals surface area contributed by atoms with Gasteiger partial charge in [0, 0.05) is 12.2 Å². The van der Waals surface area contributed by atoms with Gasteiger partial charge in [-0.2, -0.15) is 0 Å². The lowest BCUT2D eigenvalue weighted by Crippen LogP contribution is -2.29. The Morgan fingerprint density at radius 2 is 1.32 bits per heavy atom. The van der Waals surface area contributed by atoms with Crippen LogP contribution in [0.4, 0.5) is 5.69 Å². The zero-order valence-electron chi connectivity index (χ0n) is 12.2. The quantitative estimate of drug-likeness (QED) is 0.811. The summed E-state index contributed by atoms with van der Waals surface area (Å²) >= 11 is 0. The van der Waals surface area contributed by atoms with Crippen LogP contribution in [0.3, 0.4) is 0 Å². The fourth-order valence-electron chi connectivity index (χ4n) is 2.25. The number of carbonyl (C=O) groups excluding carboxylic acids is 2. The van der Waals surface area contributed by atoms with E-state index in [1.165, 1.54) is 17.7 Å². The SMILES string of the molecule is CCc1ccc(Oc2ccc(N3C(=O)C=CC3=O)cc2)cc1. The lowest BCUT2D eigenvalue weighted by Gasteiger charge is -2.14. The summed E-state index contributed by atoms with van der Waals surface area (Å²) in [6.45, 7) is 2.10. The van der Waals surface area contributed by atoms with E-state index in [4.69, 9.17) is 4.74 Å². The van der Waals surface area contributed by atoms with Crippen molar-refractivity contribution in [2.45, 2.75) is 13.3 Å². The summed E-state index contributed by atoms with van der Waals surface area (Å²) in [6, 6.07) is 14.8. The predicted molar refractivity (Wildman–Crippen MR) is 84.0 cm³/mol. The monoisotopic (exact) mass is 293 g/mol. The van der Waals surface area contributed by atoms with Crippen LogP contribution < -0.4 is 9.64 Å². The van der Waals surface area contributed by atoms with Crippen molar-refractivity contribution in [2.24, 2.45) is 0 Å². The lowest BCUT2D eigenvalue weighted by atomic mass is 10.2. The number of imide groups is 1. The van der Waals surface area contributed by atoms with Gasteiger partial charge in [0.05, 0.1) is 5.69 Å². The summed E-state index contributed by atoms with van der Waals surface area (Å²) in [6.07, 6.45) is 3.52. The van der Waals surface area contributed by atoms with E-state index in [1.807, 2.05) is 24.3 Å². The van der Waals surface area contributed by atoms with Crippen LogP contribution in [0.1, 0.15) is 12.5 Å². The first-order valence-corrected chi connectivity index (χ1v) is 7.10. The number of ether oxygens (including phenoxy) is 1. The number of nitrogens with zero attached hydrogens (tertiary/aromatic N) is 1. The first kappa shape index (κ1) is 14.1. The molecule has 1 heterocycles. The normalized spacial score (nSPS) is 13.8. The molecule has 0 saturated heterocycles. The molecule has 1 aliphatic heterocycles. The summed E-state index contributed by atoms with van der Waals surface area (Å²) in [7, 11) is 0. The van der Waals surface area contributed by atoms with Crippen molar-refractivity contribution in [1.82, 2.24) is 0 Å². The molecular formula is C18H15NO3. The average Bonchev–Trinajstić information content (AvgIpc) is 2.88. The third-order valence-electron chi connectivity index (χ3n) is 3.47. The second-order valence-corrected chi connectivity index (χ2v) is 4.94. The summed E-state index contributed by atoms with van der Waals surface area (Å²) < 4.78 is 5.75. The highest BCUT2D eigenvalue weighted by atomic mass is 16.5. The summed E-state index contributed by atoms with van der Waals surface area (Å²) in [5, 5.41) is 0. The molecule has 0 unspecified atom stereocenters. The van der Waals surface area contributed by atoms with Gasteiger partial charge in [-0.25, -0.2) is 4.90 Å². The molecule has 1 aliphatic rings. The van der Waals surface area contributed by atoms with Crippen LogP contribution in [0.15, 0.2) is 60.7 Å². The molecule has 0 bridgehead atoms. The zero-order chi connectivity index (χ0) is 15.5. The minimum absolute atomic E-state index is 0.325. The topological polar surface area (TPSA) is 46.6 Å². The smallest absolute Gasteiger partial charge is 0.258 e. The van der Waals surface area contributed by atoms with Crippen LogP contribution in [0.2, 0.25) is 0 Å². The first-order chi connectivity index (χ1) is 10.7. The van der Waals surface area contributed by atoms with Gasteiger partial charge in [0.2, 0.25) is 0 Å². The molecule has 0 N–H and O–H groups in total. The van der Waals surface area contributed by atoms with Crippen LogP contribution in [-0.2, 0) is 16.0 Å². The molecule has 0 radical (unpaired) electrons. The van der Waals surface area contributed by atoms with Gasteiger partial charge in [0.1, 0.15) is 11.5 Å². The van der Waals surface area contributed by atoms with Crippen molar-refractivity contribution >= 4 is 17.5 Å². The van der Waals surface area contributed by atoms with Gasteiger partial charge in [-0.05, 0) is 48.4 Å². The van der Waals surface area contributed by atoms with Crippen LogP contribution in [-0.4, -0.2) is 11.8 Å². The van der Waals surface area contributed by atoms with Crippen LogP contribution in [0.5, 0.6) is 11.5 Å². The Morgan fingerprint density at radius 3 is 1.82 bits per heavy atom. The van der Waals surface area contributed by atoms with E-state index in [0.717, 1.165) is 17.1 Å². The molecule has 4 heteroatoms. The number of carbonyl (C=O) groups is 2. The fourth-order valence-corrected chi connectivity index (χ4v) is 2.25. The molecule has 22 heavy (non-hydrogen) atoms. The Labute approximate surface area is 128 Å². The Balaban J connectivity index is 1.74. The molecule has 3 rings (SSSR count). The minimum Gasteiger partial charge on any atom is -0.457 e. The van der Waals surface area contributed by atoms with Gasteiger partial charge in [0.25, 0.3) is 11.8 Å². The second kappa shape index (κ2) is 5.85. The maximum absolute atomic E-state index is 11.6. The van der Waals surface area contributed by atoms with Gasteiger partial charge in [-0.1, -0.05) is 19.1 Å². The zero-order valence-corrected chi connectivity index (χ0v) is 12.2. The molecule has 2 amide bonds. The fraction of sp³-hybridized carbons (Fsp3) is 0.111. The standard InChI is InChI=1S/C18H15NO3/c1-2-13-3-7-15(8-4-13)22-16-9-5-14(6-10-16)19-17(20)11-12-18(19)21/h3-12H,2H2,1H3. The highest BCUT2D eigenvalue weighted by molar-refractivity contribution is 6.28. The van der Waals surface area contributed by atoms with Gasteiger partial charge >= 0.3 is 0 Å². The summed E-state index contributed by atoms with van der Waals surface area (Å²) in [5.74, 6) is 0.752. The molecule has 0 spiro atoms. The number of rotatable bonds is 4. The van der Waals surface area contributed by atoms with E-state index in [2.05, 4.69) is 6.92 Å². The first-order valence-electron chi connectivity index (χ1n) is 7.10. The van der Waals surface area contributed by atoms with Gasteiger partial charge in [-0.15, -0.1) is 0 Å². The van der Waals surface area contributed by atoms with Crippen LogP contribution >= 0.6 is 0 Å². The van der Waals surface area contributed by atoms with Crippen molar-refractivity contribution in [2.75, 3.05) is 4.90 Å². The average molecular weight is 293 g/mol. The summed E-state index contributed by atoms with van der Waals surface area (Å²) in [5.41, 5.74) is 1.79. The van der Waals surface area contributed by atoms with Gasteiger partial charge in [0.15, 0.2) is 0 Å². The maximum atomic E-state index is 11.6. The van der Waals surface area contributed by atoms with E-state index in [1.54, 1.807) is 24.3 Å². The van der Waals surface area contributed by atoms with Crippen molar-refractivity contribution in [3.05, 3.63) is 66.2 Å². The van der Waals surface area contributed by atoms with Crippen molar-refractivity contribution in [3.63, 3.8) is 0 Å². The largest absolute Gasteiger partial charge is 0.457 e. The summed E-state index contributed by atoms with van der Waals surface area (Å²) in [4.78, 5) is 24.3. The molecule has 0 saturated carbocycles. The Morgan fingerprint density at radius 1 is 0.818 bits per heavy atom. The van der Waals surface area contributed by atoms with Gasteiger partial charge < -0.3 is 4.74 Å². The molecule has 4 nitrogen and oxygen atoms in total. The molecule has 110 valence electrons. The minimum atomic E-state index is -0.325. The molecule has 0 fully saturated rings. The Hall–Kier alpha value is -2.88. The third kappa shape index (κ3) is 2.76. The Kier molecular flexibility index (Phi) is 3.74. The number of amides is 2. The van der Waals surface area contributed by atoms with Crippen molar-refractivity contribution in [3.8, 4) is 11.5 Å². The van der Waals surface area contributed by atoms with Crippen LogP contribution in [0, 0.1) is 0 Å². The highest BCUT2D eigenvalue weighted by Crippen LogP contribution is 2.26. The van der Waals surface area contributed by atoms with E-state index >= 15 is 0 Å². The van der Waals surface area contributed by atoms with Gasteiger partial charge in [-0.3, -0.25) is 9.59 Å². The number of hydrogen-bond acceptors (Lipinski definition) is 3. The van der Waals surface area contributed by atoms with E-state index in [-0.39, 0.29) is 11.8 Å². The third-order valence-corrected chi connectivity index (χ3v) is 3.47. The number of anilines is 1. The molecule has 2 aromatic carbocycles. The van der Waals surface area contributed by atoms with Crippen molar-refractivity contribution < 1.29 is 14.3 Å². The number of aryl methyl sites for hydroxylation is 1. The second-order valence-electron chi connectivity index (χ2n) is 4.94. The molecule has 0 atom stereocenters. The molecule has 0 aromatic heterocycles. The predicted octanol–water partition coefficient (Wildman–Crippen LogP) is 3.47. The molecule has 2 aromatic rings. The van der Waals surface area contributed by atoms with E-state index in [9.17, 15) is 9.59 Å². The van der Waals surface area contributed by atoms with Crippen LogP contribution in [0.25, 0.3) is 0 Å². The molecular weight excluding hydrogens is 278 g/mol.